The predicted molar refractivity (Wildman–Crippen MR) is 81.5 cm³/mol. The molecule has 1 aromatic carbocycles. The van der Waals surface area contributed by atoms with Crippen LogP contribution in [0.2, 0.25) is 0 Å². The third-order valence-corrected chi connectivity index (χ3v) is 3.42. The number of aromatic nitrogens is 1. The number of hydrogen-bond acceptors (Lipinski definition) is 4. The average molecular weight is 285 g/mol. The van der Waals surface area contributed by atoms with Crippen molar-refractivity contribution in [2.75, 3.05) is 20.2 Å². The van der Waals surface area contributed by atoms with Gasteiger partial charge in [0, 0.05) is 13.2 Å². The topological polar surface area (TPSA) is 54.8 Å². The number of hydrogen-bond donors (Lipinski definition) is 0. The second-order valence-corrected chi connectivity index (χ2v) is 4.93. The van der Waals surface area contributed by atoms with E-state index < -0.39 is 5.60 Å². The van der Waals surface area contributed by atoms with Crippen LogP contribution in [0, 0.1) is 4.91 Å². The molecule has 1 aromatic heterocycles. The Kier molecular flexibility index (Phi) is 5.00. The van der Waals surface area contributed by atoms with Crippen molar-refractivity contribution >= 4 is 0 Å². The Bertz CT molecular complexity index is 521. The Labute approximate surface area is 124 Å². The van der Waals surface area contributed by atoms with Crippen LogP contribution in [0.1, 0.15) is 18.2 Å². The van der Waals surface area contributed by atoms with Crippen LogP contribution in [-0.2, 0) is 10.3 Å². The molecule has 0 radical (unpaired) electrons. The summed E-state index contributed by atoms with van der Waals surface area (Å²) in [6.07, 6.45) is 1.75. The number of nitrogens with zero attached hydrogens (tertiary/aromatic N) is 3. The fraction of sp³-hybridized carbons (Fsp3) is 0.312. The molecule has 5 heteroatoms. The molecular formula is C16H19N3O2. The monoisotopic (exact) mass is 285 g/mol. The summed E-state index contributed by atoms with van der Waals surface area (Å²) in [4.78, 5) is 14.8. The third kappa shape index (κ3) is 3.64. The van der Waals surface area contributed by atoms with E-state index in [4.69, 9.17) is 4.74 Å². The summed E-state index contributed by atoms with van der Waals surface area (Å²) < 4.78 is 6.07. The highest BCUT2D eigenvalue weighted by Gasteiger charge is 2.31. The van der Waals surface area contributed by atoms with Gasteiger partial charge in [-0.15, -0.1) is 4.91 Å². The molecule has 1 atom stereocenters. The number of benzene rings is 1. The van der Waals surface area contributed by atoms with Crippen LogP contribution < -0.4 is 0 Å². The molecule has 0 saturated heterocycles. The van der Waals surface area contributed by atoms with Crippen molar-refractivity contribution in [2.24, 2.45) is 5.29 Å². The highest BCUT2D eigenvalue weighted by Crippen LogP contribution is 2.31. The van der Waals surface area contributed by atoms with E-state index in [1.165, 1.54) is 5.01 Å². The van der Waals surface area contributed by atoms with Gasteiger partial charge in [0.05, 0.1) is 24.1 Å². The number of ether oxygens (including phenoxy) is 1. The molecule has 0 aliphatic rings. The Balaban J connectivity index is 2.25. The SMILES string of the molecule is CN(CCO[C@](C)(c1ccccc1)c1ccccn1)N=O. The summed E-state index contributed by atoms with van der Waals surface area (Å²) >= 11 is 0. The van der Waals surface area contributed by atoms with Crippen LogP contribution in [0.5, 0.6) is 0 Å². The van der Waals surface area contributed by atoms with Gasteiger partial charge in [0.2, 0.25) is 0 Å². The van der Waals surface area contributed by atoms with E-state index in [1.54, 1.807) is 13.2 Å². The first-order valence-electron chi connectivity index (χ1n) is 6.82. The first kappa shape index (κ1) is 15.1. The van der Waals surface area contributed by atoms with E-state index in [0.29, 0.717) is 13.2 Å². The second-order valence-electron chi connectivity index (χ2n) is 4.93. The molecule has 0 aliphatic heterocycles. The minimum absolute atomic E-state index is 0.379. The minimum atomic E-state index is -0.660. The summed E-state index contributed by atoms with van der Waals surface area (Å²) in [5.41, 5.74) is 1.19. The maximum atomic E-state index is 10.4. The lowest BCUT2D eigenvalue weighted by atomic mass is 9.91. The molecule has 0 unspecified atom stereocenters. The zero-order valence-corrected chi connectivity index (χ0v) is 12.3. The van der Waals surface area contributed by atoms with Gasteiger partial charge in [-0.05, 0) is 24.6 Å². The molecule has 0 bridgehead atoms. The van der Waals surface area contributed by atoms with Crippen LogP contribution in [0.15, 0.2) is 60.0 Å². The Morgan fingerprint density at radius 2 is 1.90 bits per heavy atom. The first-order chi connectivity index (χ1) is 10.2. The van der Waals surface area contributed by atoms with Crippen molar-refractivity contribution < 1.29 is 4.74 Å². The summed E-state index contributed by atoms with van der Waals surface area (Å²) in [7, 11) is 1.62. The molecule has 0 spiro atoms. The molecule has 0 aliphatic carbocycles. The van der Waals surface area contributed by atoms with E-state index in [0.717, 1.165) is 11.3 Å². The summed E-state index contributed by atoms with van der Waals surface area (Å²) in [5.74, 6) is 0. The normalized spacial score (nSPS) is 13.4. The van der Waals surface area contributed by atoms with Crippen LogP contribution in [-0.4, -0.2) is 30.2 Å². The molecule has 2 aromatic rings. The zero-order valence-electron chi connectivity index (χ0n) is 12.3. The van der Waals surface area contributed by atoms with Crippen LogP contribution in [0.25, 0.3) is 0 Å². The van der Waals surface area contributed by atoms with Crippen LogP contribution in [0.3, 0.4) is 0 Å². The smallest absolute Gasteiger partial charge is 0.132 e. The fourth-order valence-corrected chi connectivity index (χ4v) is 2.13. The van der Waals surface area contributed by atoms with Crippen molar-refractivity contribution in [1.82, 2.24) is 9.99 Å². The fourth-order valence-electron chi connectivity index (χ4n) is 2.13. The highest BCUT2D eigenvalue weighted by molar-refractivity contribution is 5.31. The van der Waals surface area contributed by atoms with Gasteiger partial charge in [0.15, 0.2) is 0 Å². The second kappa shape index (κ2) is 6.95. The number of pyridine rings is 1. The molecule has 0 N–H and O–H groups in total. The van der Waals surface area contributed by atoms with Gasteiger partial charge >= 0.3 is 0 Å². The molecule has 110 valence electrons. The minimum Gasteiger partial charge on any atom is -0.362 e. The standard InChI is InChI=1S/C16H19N3O2/c1-16(14-8-4-3-5-9-14,15-10-6-7-11-17-15)21-13-12-19(2)18-20/h3-11H,12-13H2,1-2H3/t16-/m1/s1. The Morgan fingerprint density at radius 3 is 2.52 bits per heavy atom. The van der Waals surface area contributed by atoms with Gasteiger partial charge in [-0.1, -0.05) is 36.4 Å². The van der Waals surface area contributed by atoms with Gasteiger partial charge in [0.25, 0.3) is 0 Å². The lowest BCUT2D eigenvalue weighted by molar-refractivity contribution is -0.0150. The average Bonchev–Trinajstić information content (AvgIpc) is 2.56. The Morgan fingerprint density at radius 1 is 1.19 bits per heavy atom. The first-order valence-corrected chi connectivity index (χ1v) is 6.82. The molecular weight excluding hydrogens is 266 g/mol. The largest absolute Gasteiger partial charge is 0.362 e. The van der Waals surface area contributed by atoms with E-state index in [2.05, 4.69) is 10.3 Å². The lowest BCUT2D eigenvalue weighted by Gasteiger charge is -2.30. The summed E-state index contributed by atoms with van der Waals surface area (Å²) in [6, 6.07) is 15.7. The quantitative estimate of drug-likeness (QED) is 0.579. The van der Waals surface area contributed by atoms with E-state index in [9.17, 15) is 4.91 Å². The van der Waals surface area contributed by atoms with E-state index in [1.807, 2.05) is 55.5 Å². The van der Waals surface area contributed by atoms with Gasteiger partial charge in [0.1, 0.15) is 5.60 Å². The van der Waals surface area contributed by atoms with Gasteiger partial charge in [-0.2, -0.15) is 0 Å². The lowest BCUT2D eigenvalue weighted by Crippen LogP contribution is -2.31. The molecule has 0 saturated carbocycles. The van der Waals surface area contributed by atoms with Gasteiger partial charge in [-0.3, -0.25) is 9.99 Å². The summed E-state index contributed by atoms with van der Waals surface area (Å²) in [5, 5.41) is 4.15. The third-order valence-electron chi connectivity index (χ3n) is 3.42. The van der Waals surface area contributed by atoms with Crippen molar-refractivity contribution in [3.05, 3.63) is 70.9 Å². The van der Waals surface area contributed by atoms with Crippen LogP contribution >= 0.6 is 0 Å². The van der Waals surface area contributed by atoms with Gasteiger partial charge in [-0.25, -0.2) is 0 Å². The van der Waals surface area contributed by atoms with E-state index in [-0.39, 0.29) is 0 Å². The molecule has 0 amide bonds. The van der Waals surface area contributed by atoms with Crippen LogP contribution in [0.4, 0.5) is 0 Å². The molecule has 5 nitrogen and oxygen atoms in total. The number of likely N-dealkylation sites (N-methyl/N-ethyl adjacent to an activating group) is 1. The van der Waals surface area contributed by atoms with Crippen molar-refractivity contribution in [2.45, 2.75) is 12.5 Å². The molecule has 1 heterocycles. The molecule has 0 fully saturated rings. The Hall–Kier alpha value is -2.27. The molecule has 21 heavy (non-hydrogen) atoms. The van der Waals surface area contributed by atoms with Crippen molar-refractivity contribution in [1.29, 1.82) is 0 Å². The van der Waals surface area contributed by atoms with E-state index >= 15 is 0 Å². The maximum absolute atomic E-state index is 10.4. The molecule has 2 rings (SSSR count). The zero-order chi connectivity index (χ0) is 15.1. The number of nitroso groups, excluding NO2 is 1. The maximum Gasteiger partial charge on any atom is 0.132 e. The summed E-state index contributed by atoms with van der Waals surface area (Å²) in [6.45, 7) is 2.79. The van der Waals surface area contributed by atoms with Crippen molar-refractivity contribution in [3.63, 3.8) is 0 Å². The predicted octanol–water partition coefficient (Wildman–Crippen LogP) is 2.97. The number of rotatable bonds is 7. The van der Waals surface area contributed by atoms with Gasteiger partial charge < -0.3 is 4.74 Å². The highest BCUT2D eigenvalue weighted by atomic mass is 16.5. The van der Waals surface area contributed by atoms with Crippen molar-refractivity contribution in [3.8, 4) is 0 Å².